The maximum atomic E-state index is 13.6. The van der Waals surface area contributed by atoms with Crippen molar-refractivity contribution in [1.82, 2.24) is 19.8 Å². The summed E-state index contributed by atoms with van der Waals surface area (Å²) in [6.07, 6.45) is 10.2. The number of amides is 2. The van der Waals surface area contributed by atoms with Crippen molar-refractivity contribution in [3.8, 4) is 0 Å². The van der Waals surface area contributed by atoms with Gasteiger partial charge in [-0.25, -0.2) is 4.68 Å². The Bertz CT molecular complexity index is 1170. The predicted octanol–water partition coefficient (Wildman–Crippen LogP) is 2.06. The van der Waals surface area contributed by atoms with Crippen LogP contribution in [0.15, 0.2) is 66.8 Å². The number of fused-ring (bicyclic) bond motifs is 2. The highest BCUT2D eigenvalue weighted by molar-refractivity contribution is 6.09. The van der Waals surface area contributed by atoms with Gasteiger partial charge in [0, 0.05) is 0 Å². The number of benzene rings is 1. The van der Waals surface area contributed by atoms with Gasteiger partial charge in [0.15, 0.2) is 0 Å². The average Bonchev–Trinajstić information content (AvgIpc) is 3.47. The Kier molecular flexibility index (Phi) is 4.78. The summed E-state index contributed by atoms with van der Waals surface area (Å²) in [5.41, 5.74) is 2.19. The molecule has 5 aliphatic rings. The second kappa shape index (κ2) is 7.63. The van der Waals surface area contributed by atoms with E-state index in [0.29, 0.717) is 11.8 Å². The molecule has 2 aliphatic heterocycles. The third-order valence-corrected chi connectivity index (χ3v) is 8.52. The second-order valence-corrected chi connectivity index (χ2v) is 10.6. The molecule has 7 rings (SSSR count). The Morgan fingerprint density at radius 2 is 1.82 bits per heavy atom. The van der Waals surface area contributed by atoms with E-state index in [9.17, 15) is 14.7 Å². The summed E-state index contributed by atoms with van der Waals surface area (Å²) in [6.45, 7) is 4.82. The zero-order chi connectivity index (χ0) is 23.6. The Balaban J connectivity index is 1.33. The van der Waals surface area contributed by atoms with Crippen molar-refractivity contribution >= 4 is 11.8 Å². The van der Waals surface area contributed by atoms with E-state index < -0.39 is 24.1 Å². The van der Waals surface area contributed by atoms with E-state index >= 15 is 0 Å². The maximum Gasteiger partial charge on any atom is 0.255 e. The van der Waals surface area contributed by atoms with Crippen molar-refractivity contribution in [2.75, 3.05) is 5.01 Å². The quantitative estimate of drug-likeness (QED) is 0.544. The van der Waals surface area contributed by atoms with Crippen LogP contribution in [0.4, 0.5) is 0 Å². The van der Waals surface area contributed by atoms with Crippen LogP contribution in [0.1, 0.15) is 32.3 Å². The first kappa shape index (κ1) is 21.3. The topological polar surface area (TPSA) is 91.6 Å². The van der Waals surface area contributed by atoms with Crippen molar-refractivity contribution in [2.45, 2.75) is 51.4 Å². The van der Waals surface area contributed by atoms with Gasteiger partial charge in [-0.15, -0.1) is 10.2 Å². The lowest BCUT2D eigenvalue weighted by atomic mass is 9.49. The smallest absolute Gasteiger partial charge is 0.255 e. The van der Waals surface area contributed by atoms with Gasteiger partial charge < -0.3 is 5.11 Å². The fourth-order valence-electron chi connectivity index (χ4n) is 6.23. The van der Waals surface area contributed by atoms with Crippen LogP contribution in [-0.4, -0.2) is 54.9 Å². The van der Waals surface area contributed by atoms with E-state index in [1.807, 2.05) is 36.4 Å². The van der Waals surface area contributed by atoms with E-state index in [4.69, 9.17) is 0 Å². The molecule has 1 aromatic carbocycles. The number of aliphatic hydroxyl groups is 1. The van der Waals surface area contributed by atoms with Crippen molar-refractivity contribution < 1.29 is 14.7 Å². The number of rotatable bonds is 5. The van der Waals surface area contributed by atoms with E-state index in [0.717, 1.165) is 17.6 Å². The summed E-state index contributed by atoms with van der Waals surface area (Å²) in [4.78, 5) is 28.2. The molecule has 8 heteroatoms. The van der Waals surface area contributed by atoms with Crippen molar-refractivity contribution in [3.05, 3.63) is 72.4 Å². The highest BCUT2D eigenvalue weighted by Crippen LogP contribution is 2.58. The number of likely N-dealkylation sites (tertiary alicyclic amines) is 1. The Labute approximate surface area is 198 Å². The standard InChI is InChI=1S/C26H29N5O3/c1-26(2)18-10-17(11-19(26)12-18)23(32)21-9-8-20-22(31(21)29-14-27-28-15-29)25(34)30(24(20)33)13-16-6-4-3-5-7-16/h3-10,14-15,18-23,32H,11-13H2,1-2H3/t18-,19+,20?,21?,22?,23?/m0/s1. The number of carbonyl (C=O) groups is 2. The number of imide groups is 1. The first-order valence-electron chi connectivity index (χ1n) is 12.0. The van der Waals surface area contributed by atoms with E-state index in [1.54, 1.807) is 15.8 Å². The Hall–Kier alpha value is -3.26. The van der Waals surface area contributed by atoms with Gasteiger partial charge in [0.25, 0.3) is 5.91 Å². The minimum absolute atomic E-state index is 0.221. The van der Waals surface area contributed by atoms with Crippen molar-refractivity contribution in [2.24, 2.45) is 23.2 Å². The van der Waals surface area contributed by atoms with Crippen LogP contribution in [0.5, 0.6) is 0 Å². The molecule has 2 fully saturated rings. The Morgan fingerprint density at radius 3 is 2.47 bits per heavy atom. The molecule has 1 N–H and O–H groups in total. The number of carbonyl (C=O) groups excluding carboxylic acids is 2. The van der Waals surface area contributed by atoms with Gasteiger partial charge >= 0.3 is 0 Å². The van der Waals surface area contributed by atoms with Gasteiger partial charge in [-0.05, 0) is 41.2 Å². The SMILES string of the molecule is CC1(C)[C@@H]2CC(C(O)C3C=CC4C(=O)N(Cc5ccccc5)C(=O)C4N3n3cnnc3)=C[C@H]1C2. The number of nitrogens with zero attached hydrogens (tertiary/aromatic N) is 5. The molecular weight excluding hydrogens is 430 g/mol. The fourth-order valence-corrected chi connectivity index (χ4v) is 6.23. The van der Waals surface area contributed by atoms with Crippen LogP contribution < -0.4 is 5.01 Å². The molecule has 0 spiro atoms. The first-order valence-corrected chi connectivity index (χ1v) is 12.0. The van der Waals surface area contributed by atoms with Gasteiger partial charge in [0.2, 0.25) is 5.91 Å². The molecule has 176 valence electrons. The van der Waals surface area contributed by atoms with Crippen LogP contribution in [0.2, 0.25) is 0 Å². The molecular formula is C26H29N5O3. The van der Waals surface area contributed by atoms with Gasteiger partial charge in [-0.3, -0.25) is 19.5 Å². The van der Waals surface area contributed by atoms with E-state index in [1.165, 1.54) is 24.0 Å². The minimum Gasteiger partial charge on any atom is -0.386 e. The molecule has 34 heavy (non-hydrogen) atoms. The molecule has 8 nitrogen and oxygen atoms in total. The number of hydrogen-bond acceptors (Lipinski definition) is 6. The zero-order valence-corrected chi connectivity index (χ0v) is 19.4. The first-order chi connectivity index (χ1) is 16.4. The van der Waals surface area contributed by atoms with Crippen LogP contribution in [0.25, 0.3) is 0 Å². The molecule has 1 saturated carbocycles. The third kappa shape index (κ3) is 3.08. The summed E-state index contributed by atoms with van der Waals surface area (Å²) < 4.78 is 1.64. The van der Waals surface area contributed by atoms with E-state index in [-0.39, 0.29) is 23.8 Å². The molecule has 0 radical (unpaired) electrons. The molecule has 1 saturated heterocycles. The number of hydrogen-bond donors (Lipinski definition) is 1. The van der Waals surface area contributed by atoms with Crippen LogP contribution in [0.3, 0.4) is 0 Å². The van der Waals surface area contributed by atoms with Gasteiger partial charge in [-0.1, -0.05) is 62.4 Å². The molecule has 3 heterocycles. The lowest BCUT2D eigenvalue weighted by Crippen LogP contribution is -2.61. The lowest BCUT2D eigenvalue weighted by Gasteiger charge is -2.56. The van der Waals surface area contributed by atoms with Crippen LogP contribution >= 0.6 is 0 Å². The highest BCUT2D eigenvalue weighted by atomic mass is 16.3. The second-order valence-electron chi connectivity index (χ2n) is 10.6. The summed E-state index contributed by atoms with van der Waals surface area (Å²) >= 11 is 0. The normalized spacial score (nSPS) is 32.3. The van der Waals surface area contributed by atoms with E-state index in [2.05, 4.69) is 30.1 Å². The average molecular weight is 460 g/mol. The van der Waals surface area contributed by atoms with Crippen LogP contribution in [0, 0.1) is 23.2 Å². The molecule has 1 aromatic heterocycles. The van der Waals surface area contributed by atoms with Gasteiger partial charge in [-0.2, -0.15) is 0 Å². The summed E-state index contributed by atoms with van der Waals surface area (Å²) in [5.74, 6) is -0.0750. The largest absolute Gasteiger partial charge is 0.386 e. The third-order valence-electron chi connectivity index (χ3n) is 8.52. The lowest BCUT2D eigenvalue weighted by molar-refractivity contribution is -0.139. The number of aliphatic hydroxyl groups excluding tert-OH is 1. The minimum atomic E-state index is -0.785. The van der Waals surface area contributed by atoms with Gasteiger partial charge in [0.05, 0.1) is 18.5 Å². The maximum absolute atomic E-state index is 13.6. The molecule has 4 unspecified atom stereocenters. The molecule has 2 aromatic rings. The summed E-state index contributed by atoms with van der Waals surface area (Å²) in [5, 5.41) is 21.2. The van der Waals surface area contributed by atoms with Crippen molar-refractivity contribution in [3.63, 3.8) is 0 Å². The number of allylic oxidation sites excluding steroid dienone is 1. The fraction of sp³-hybridized carbons (Fsp3) is 0.462. The molecule has 6 atom stereocenters. The Morgan fingerprint density at radius 1 is 1.09 bits per heavy atom. The molecule has 2 bridgehead atoms. The monoisotopic (exact) mass is 459 g/mol. The number of aromatic nitrogens is 3. The summed E-state index contributed by atoms with van der Waals surface area (Å²) in [6, 6.07) is 8.25. The van der Waals surface area contributed by atoms with Gasteiger partial charge in [0.1, 0.15) is 24.8 Å². The molecule has 2 amide bonds. The zero-order valence-electron chi connectivity index (χ0n) is 19.4. The molecule has 3 aliphatic carbocycles. The van der Waals surface area contributed by atoms with Crippen molar-refractivity contribution in [1.29, 1.82) is 0 Å². The highest BCUT2D eigenvalue weighted by Gasteiger charge is 2.55. The van der Waals surface area contributed by atoms with Crippen LogP contribution in [-0.2, 0) is 16.1 Å². The summed E-state index contributed by atoms with van der Waals surface area (Å²) in [7, 11) is 0. The predicted molar refractivity (Wildman–Crippen MR) is 125 cm³/mol.